The smallest absolute Gasteiger partial charge is 0.347 e. The molecule has 0 fully saturated rings. The number of nitrogens with two attached hydrogens (primary N) is 1. The monoisotopic (exact) mass is 378 g/mol. The molecule has 0 spiro atoms. The van der Waals surface area contributed by atoms with E-state index in [1.165, 1.54) is 12.1 Å². The molecule has 0 saturated heterocycles. The first-order chi connectivity index (χ1) is 10.7. The van der Waals surface area contributed by atoms with Crippen LogP contribution in [0.4, 0.5) is 0 Å². The summed E-state index contributed by atoms with van der Waals surface area (Å²) >= 11 is 0. The molecule has 7 nitrogen and oxygen atoms in total. The number of carbonyl (C=O) groups is 1. The van der Waals surface area contributed by atoms with E-state index in [0.717, 1.165) is 0 Å². The number of benzene rings is 1. The summed E-state index contributed by atoms with van der Waals surface area (Å²) in [7, 11) is -3.70. The minimum absolute atomic E-state index is 0. The zero-order valence-electron chi connectivity index (χ0n) is 13.9. The fourth-order valence-electron chi connectivity index (χ4n) is 2.22. The van der Waals surface area contributed by atoms with E-state index in [1.54, 1.807) is 26.8 Å². The number of esters is 1. The highest BCUT2D eigenvalue weighted by Gasteiger charge is 2.32. The molecule has 1 aromatic rings. The van der Waals surface area contributed by atoms with Gasteiger partial charge < -0.3 is 15.2 Å². The van der Waals surface area contributed by atoms with Crippen LogP contribution in [0.3, 0.4) is 0 Å². The molecular formula is C15H23ClN2O5S. The molecule has 2 rings (SSSR count). The number of halogens is 1. The lowest BCUT2D eigenvalue weighted by atomic mass is 10.1. The molecule has 3 N–H and O–H groups in total. The van der Waals surface area contributed by atoms with Gasteiger partial charge in [-0.1, -0.05) is 0 Å². The van der Waals surface area contributed by atoms with Gasteiger partial charge in [0.05, 0.1) is 11.5 Å². The van der Waals surface area contributed by atoms with Crippen LogP contribution in [0.5, 0.6) is 5.75 Å². The third-order valence-electron chi connectivity index (χ3n) is 3.49. The van der Waals surface area contributed by atoms with Gasteiger partial charge in [-0.2, -0.15) is 0 Å². The summed E-state index contributed by atoms with van der Waals surface area (Å²) in [4.78, 5) is 11.8. The van der Waals surface area contributed by atoms with Crippen molar-refractivity contribution in [3.8, 4) is 5.75 Å². The van der Waals surface area contributed by atoms with Gasteiger partial charge in [0.1, 0.15) is 5.75 Å². The van der Waals surface area contributed by atoms with E-state index in [2.05, 4.69) is 4.72 Å². The van der Waals surface area contributed by atoms with Gasteiger partial charge in [0, 0.05) is 18.5 Å². The highest BCUT2D eigenvalue weighted by Crippen LogP contribution is 2.31. The minimum Gasteiger partial charge on any atom is -0.478 e. The van der Waals surface area contributed by atoms with Crippen LogP contribution in [0.15, 0.2) is 23.1 Å². The molecule has 24 heavy (non-hydrogen) atoms. The van der Waals surface area contributed by atoms with Crippen molar-refractivity contribution in [2.45, 2.75) is 43.7 Å². The fraction of sp³-hybridized carbons (Fsp3) is 0.533. The van der Waals surface area contributed by atoms with Crippen molar-refractivity contribution < 1.29 is 22.7 Å². The Hall–Kier alpha value is -1.35. The third-order valence-corrected chi connectivity index (χ3v) is 5.18. The van der Waals surface area contributed by atoms with Crippen molar-refractivity contribution >= 4 is 28.4 Å². The second-order valence-corrected chi connectivity index (χ2v) is 7.71. The van der Waals surface area contributed by atoms with Crippen LogP contribution in [-0.2, 0) is 26.0 Å². The summed E-state index contributed by atoms with van der Waals surface area (Å²) in [6, 6.07) is 4.52. The quantitative estimate of drug-likeness (QED) is 0.715. The first-order valence-corrected chi connectivity index (χ1v) is 8.87. The SMILES string of the molecule is CCOC(=O)C1Cc2cc(S(=O)(=O)NC(C)(C)CN)ccc2O1.Cl. The Labute approximate surface area is 148 Å². The van der Waals surface area contributed by atoms with Crippen molar-refractivity contribution in [1.82, 2.24) is 4.72 Å². The Morgan fingerprint density at radius 1 is 1.46 bits per heavy atom. The molecule has 1 unspecified atom stereocenters. The minimum atomic E-state index is -3.70. The molecule has 9 heteroatoms. The summed E-state index contributed by atoms with van der Waals surface area (Å²) in [5.41, 5.74) is 5.48. The second-order valence-electron chi connectivity index (χ2n) is 6.03. The van der Waals surface area contributed by atoms with Crippen LogP contribution in [0.2, 0.25) is 0 Å². The van der Waals surface area contributed by atoms with Gasteiger partial charge in [0.25, 0.3) is 0 Å². The van der Waals surface area contributed by atoms with E-state index in [-0.39, 0.29) is 36.9 Å². The Kier molecular flexibility index (Phi) is 6.63. The summed E-state index contributed by atoms with van der Waals surface area (Å²) in [5, 5.41) is 0. The average molecular weight is 379 g/mol. The normalized spacial score (nSPS) is 16.8. The molecule has 1 heterocycles. The predicted molar refractivity (Wildman–Crippen MR) is 91.9 cm³/mol. The van der Waals surface area contributed by atoms with E-state index in [4.69, 9.17) is 15.2 Å². The largest absolute Gasteiger partial charge is 0.478 e. The standard InChI is InChI=1S/C15H22N2O5S.ClH/c1-4-21-14(18)13-8-10-7-11(5-6-12(10)22-13)23(19,20)17-15(2,3)9-16;/h5-7,13,17H,4,8-9,16H2,1-3H3;1H. The maximum absolute atomic E-state index is 12.4. The zero-order chi connectivity index (χ0) is 17.3. The van der Waals surface area contributed by atoms with Gasteiger partial charge in [-0.3, -0.25) is 0 Å². The van der Waals surface area contributed by atoms with Crippen LogP contribution in [0.1, 0.15) is 26.3 Å². The maximum Gasteiger partial charge on any atom is 0.347 e. The number of nitrogens with one attached hydrogen (secondary N) is 1. The molecule has 0 radical (unpaired) electrons. The summed E-state index contributed by atoms with van der Waals surface area (Å²) in [6.45, 7) is 5.57. The van der Waals surface area contributed by atoms with E-state index in [1.807, 2.05) is 0 Å². The number of ether oxygens (including phenoxy) is 2. The molecule has 136 valence electrons. The molecule has 0 saturated carbocycles. The Morgan fingerprint density at radius 2 is 2.12 bits per heavy atom. The van der Waals surface area contributed by atoms with Crippen LogP contribution in [0, 0.1) is 0 Å². The maximum atomic E-state index is 12.4. The van der Waals surface area contributed by atoms with Gasteiger partial charge in [0.2, 0.25) is 10.0 Å². The number of fused-ring (bicyclic) bond motifs is 1. The van der Waals surface area contributed by atoms with Crippen molar-refractivity contribution in [2.24, 2.45) is 5.73 Å². The average Bonchev–Trinajstić information content (AvgIpc) is 2.89. The molecule has 1 atom stereocenters. The number of hydrogen-bond acceptors (Lipinski definition) is 6. The zero-order valence-corrected chi connectivity index (χ0v) is 15.5. The van der Waals surface area contributed by atoms with Crippen molar-refractivity contribution in [2.75, 3.05) is 13.2 Å². The number of carbonyl (C=O) groups excluding carboxylic acids is 1. The van der Waals surface area contributed by atoms with E-state index < -0.39 is 27.6 Å². The molecule has 0 amide bonds. The van der Waals surface area contributed by atoms with Gasteiger partial charge in [0.15, 0.2) is 6.10 Å². The Morgan fingerprint density at radius 3 is 2.71 bits per heavy atom. The molecule has 0 aliphatic carbocycles. The number of rotatable bonds is 6. The Bertz CT molecular complexity index is 706. The van der Waals surface area contributed by atoms with Gasteiger partial charge in [-0.15, -0.1) is 12.4 Å². The first kappa shape index (κ1) is 20.7. The molecule has 0 bridgehead atoms. The first-order valence-electron chi connectivity index (χ1n) is 7.39. The lowest BCUT2D eigenvalue weighted by molar-refractivity contribution is -0.150. The van der Waals surface area contributed by atoms with Crippen LogP contribution in [-0.4, -0.2) is 39.2 Å². The molecule has 1 aromatic carbocycles. The highest BCUT2D eigenvalue weighted by molar-refractivity contribution is 7.89. The summed E-state index contributed by atoms with van der Waals surface area (Å²) in [6.07, 6.45) is -0.436. The van der Waals surface area contributed by atoms with E-state index in [0.29, 0.717) is 11.3 Å². The third kappa shape index (κ3) is 4.60. The highest BCUT2D eigenvalue weighted by atomic mass is 35.5. The second kappa shape index (κ2) is 7.69. The summed E-state index contributed by atoms with van der Waals surface area (Å²) < 4.78 is 37.8. The molecule has 1 aliphatic rings. The van der Waals surface area contributed by atoms with Crippen LogP contribution >= 0.6 is 12.4 Å². The van der Waals surface area contributed by atoms with Crippen LogP contribution < -0.4 is 15.2 Å². The topological polar surface area (TPSA) is 108 Å². The van der Waals surface area contributed by atoms with Gasteiger partial charge in [-0.05, 0) is 44.5 Å². The lowest BCUT2D eigenvalue weighted by Crippen LogP contribution is -2.48. The fourth-order valence-corrected chi connectivity index (χ4v) is 3.70. The van der Waals surface area contributed by atoms with Crippen molar-refractivity contribution in [1.29, 1.82) is 0 Å². The van der Waals surface area contributed by atoms with Crippen molar-refractivity contribution in [3.05, 3.63) is 23.8 Å². The van der Waals surface area contributed by atoms with Crippen molar-refractivity contribution in [3.63, 3.8) is 0 Å². The molecular weight excluding hydrogens is 356 g/mol. The summed E-state index contributed by atoms with van der Waals surface area (Å²) in [5.74, 6) is 0.0515. The predicted octanol–water partition coefficient (Wildman–Crippen LogP) is 0.991. The van der Waals surface area contributed by atoms with Gasteiger partial charge in [-0.25, -0.2) is 17.9 Å². The molecule has 1 aliphatic heterocycles. The van der Waals surface area contributed by atoms with E-state index >= 15 is 0 Å². The van der Waals surface area contributed by atoms with E-state index in [9.17, 15) is 13.2 Å². The molecule has 0 aromatic heterocycles. The lowest BCUT2D eigenvalue weighted by Gasteiger charge is -2.23. The Balaban J connectivity index is 0.00000288. The van der Waals surface area contributed by atoms with Gasteiger partial charge >= 0.3 is 5.97 Å². The number of sulfonamides is 1. The van der Waals surface area contributed by atoms with Crippen LogP contribution in [0.25, 0.3) is 0 Å². The number of hydrogen-bond donors (Lipinski definition) is 2.